The normalized spacial score (nSPS) is 14.5. The van der Waals surface area contributed by atoms with Gasteiger partial charge < -0.3 is 14.5 Å². The molecular formula is C19H20F3N5O4. The van der Waals surface area contributed by atoms with Crippen LogP contribution in [0.15, 0.2) is 24.3 Å². The fourth-order valence-electron chi connectivity index (χ4n) is 3.27. The maximum atomic E-state index is 12.9. The first-order valence-corrected chi connectivity index (χ1v) is 9.38. The summed E-state index contributed by atoms with van der Waals surface area (Å²) < 4.78 is 41.8. The fraction of sp³-hybridized carbons (Fsp3) is 0.421. The predicted octanol–water partition coefficient (Wildman–Crippen LogP) is 2.91. The van der Waals surface area contributed by atoms with Crippen LogP contribution in [0.4, 0.5) is 24.7 Å². The van der Waals surface area contributed by atoms with Gasteiger partial charge in [0, 0.05) is 44.0 Å². The Morgan fingerprint density at radius 1 is 1.16 bits per heavy atom. The molecule has 2 aromatic rings. The molecule has 31 heavy (non-hydrogen) atoms. The van der Waals surface area contributed by atoms with Crippen LogP contribution in [0.3, 0.4) is 0 Å². The number of benzene rings is 1. The highest BCUT2D eigenvalue weighted by molar-refractivity contribution is 5.98. The number of carbonyl (C=O) groups excluding carboxylic acids is 1. The molecule has 1 fully saturated rings. The molecule has 3 rings (SSSR count). The number of alkyl halides is 3. The number of nitrogens with zero attached hydrogens (tertiary/aromatic N) is 5. The molecule has 0 spiro atoms. The van der Waals surface area contributed by atoms with Gasteiger partial charge in [-0.2, -0.15) is 13.2 Å². The van der Waals surface area contributed by atoms with Crippen molar-refractivity contribution < 1.29 is 27.6 Å². The van der Waals surface area contributed by atoms with Gasteiger partial charge in [0.15, 0.2) is 6.61 Å². The number of amides is 1. The predicted molar refractivity (Wildman–Crippen MR) is 104 cm³/mol. The average Bonchev–Trinajstić information content (AvgIpc) is 2.70. The third kappa shape index (κ3) is 5.58. The SMILES string of the molecule is Cc1cc(N2CCN(C(=O)c3cc(OCC(F)(F)F)ccc3[N+](=O)[O-])CC2)nc(C)n1. The highest BCUT2D eigenvalue weighted by Crippen LogP contribution is 2.27. The standard InChI is InChI=1S/C19H20F3N5O4/c1-12-9-17(24-13(2)23-12)25-5-7-26(8-6-25)18(28)15-10-14(31-11-19(20,21)22)3-4-16(15)27(29)30/h3-4,9-10H,5-8,11H2,1-2H3. The third-order valence-electron chi connectivity index (χ3n) is 4.64. The van der Waals surface area contributed by atoms with Crippen LogP contribution in [0.25, 0.3) is 0 Å². The fourth-order valence-corrected chi connectivity index (χ4v) is 3.27. The van der Waals surface area contributed by atoms with Crippen molar-refractivity contribution in [2.75, 3.05) is 37.7 Å². The lowest BCUT2D eigenvalue weighted by Crippen LogP contribution is -2.49. The monoisotopic (exact) mass is 439 g/mol. The first-order chi connectivity index (χ1) is 14.5. The summed E-state index contributed by atoms with van der Waals surface area (Å²) in [4.78, 5) is 35.5. The van der Waals surface area contributed by atoms with Crippen molar-refractivity contribution in [3.63, 3.8) is 0 Å². The van der Waals surface area contributed by atoms with E-state index in [1.165, 1.54) is 4.90 Å². The van der Waals surface area contributed by atoms with E-state index >= 15 is 0 Å². The van der Waals surface area contributed by atoms with Crippen molar-refractivity contribution in [3.8, 4) is 5.75 Å². The Bertz CT molecular complexity index is 971. The zero-order valence-electron chi connectivity index (χ0n) is 16.8. The lowest BCUT2D eigenvalue weighted by molar-refractivity contribution is -0.385. The van der Waals surface area contributed by atoms with Crippen molar-refractivity contribution in [1.29, 1.82) is 0 Å². The molecule has 2 heterocycles. The maximum absolute atomic E-state index is 12.9. The zero-order chi connectivity index (χ0) is 22.8. The van der Waals surface area contributed by atoms with E-state index in [0.29, 0.717) is 18.9 Å². The van der Waals surface area contributed by atoms with Crippen LogP contribution in [0.1, 0.15) is 21.9 Å². The first kappa shape index (κ1) is 22.2. The highest BCUT2D eigenvalue weighted by Gasteiger charge is 2.31. The van der Waals surface area contributed by atoms with Gasteiger partial charge in [-0.25, -0.2) is 9.97 Å². The number of piperazine rings is 1. The summed E-state index contributed by atoms with van der Waals surface area (Å²) >= 11 is 0. The molecule has 1 aliphatic heterocycles. The number of hydrogen-bond acceptors (Lipinski definition) is 7. The summed E-state index contributed by atoms with van der Waals surface area (Å²) in [6.07, 6.45) is -4.57. The van der Waals surface area contributed by atoms with Gasteiger partial charge >= 0.3 is 6.18 Å². The van der Waals surface area contributed by atoms with Crippen LogP contribution >= 0.6 is 0 Å². The van der Waals surface area contributed by atoms with E-state index < -0.39 is 29.3 Å². The van der Waals surface area contributed by atoms with Gasteiger partial charge in [-0.15, -0.1) is 0 Å². The van der Waals surface area contributed by atoms with Crippen molar-refractivity contribution in [2.45, 2.75) is 20.0 Å². The van der Waals surface area contributed by atoms with Gasteiger partial charge in [-0.05, 0) is 26.0 Å². The van der Waals surface area contributed by atoms with Crippen LogP contribution in [0.2, 0.25) is 0 Å². The Morgan fingerprint density at radius 2 is 1.84 bits per heavy atom. The number of carbonyl (C=O) groups is 1. The molecule has 0 radical (unpaired) electrons. The van der Waals surface area contributed by atoms with Gasteiger partial charge in [-0.3, -0.25) is 14.9 Å². The van der Waals surface area contributed by atoms with Gasteiger partial charge in [0.1, 0.15) is 23.0 Å². The molecule has 0 bridgehead atoms. The first-order valence-electron chi connectivity index (χ1n) is 9.38. The Kier molecular flexibility index (Phi) is 6.27. The molecule has 1 saturated heterocycles. The van der Waals surface area contributed by atoms with E-state index in [0.717, 1.165) is 29.7 Å². The molecule has 0 unspecified atom stereocenters. The maximum Gasteiger partial charge on any atom is 0.422 e. The summed E-state index contributed by atoms with van der Waals surface area (Å²) in [7, 11) is 0. The lowest BCUT2D eigenvalue weighted by atomic mass is 10.1. The summed E-state index contributed by atoms with van der Waals surface area (Å²) in [6, 6.07) is 4.83. The lowest BCUT2D eigenvalue weighted by Gasteiger charge is -2.35. The number of rotatable bonds is 5. The molecular weight excluding hydrogens is 419 g/mol. The minimum atomic E-state index is -4.57. The van der Waals surface area contributed by atoms with Crippen molar-refractivity contribution in [2.24, 2.45) is 0 Å². The summed E-state index contributed by atoms with van der Waals surface area (Å²) in [6.45, 7) is 3.50. The highest BCUT2D eigenvalue weighted by atomic mass is 19.4. The topological polar surface area (TPSA) is 102 Å². The third-order valence-corrected chi connectivity index (χ3v) is 4.64. The molecule has 12 heteroatoms. The number of nitro benzene ring substituents is 1. The average molecular weight is 439 g/mol. The molecule has 1 aliphatic rings. The van der Waals surface area contributed by atoms with Gasteiger partial charge in [0.25, 0.3) is 11.6 Å². The smallest absolute Gasteiger partial charge is 0.422 e. The Balaban J connectivity index is 1.75. The Hall–Kier alpha value is -3.44. The van der Waals surface area contributed by atoms with E-state index in [-0.39, 0.29) is 24.4 Å². The van der Waals surface area contributed by atoms with Crippen LogP contribution in [0, 0.1) is 24.0 Å². The van der Waals surface area contributed by atoms with Gasteiger partial charge in [0.2, 0.25) is 0 Å². The quantitative estimate of drug-likeness (QED) is 0.521. The minimum absolute atomic E-state index is 0.267. The number of aromatic nitrogens is 2. The zero-order valence-corrected chi connectivity index (χ0v) is 16.8. The number of ether oxygens (including phenoxy) is 1. The van der Waals surface area contributed by atoms with Crippen LogP contribution in [-0.2, 0) is 0 Å². The van der Waals surface area contributed by atoms with E-state index in [4.69, 9.17) is 0 Å². The van der Waals surface area contributed by atoms with Crippen molar-refractivity contribution in [1.82, 2.24) is 14.9 Å². The molecule has 1 amide bonds. The molecule has 1 aromatic carbocycles. The summed E-state index contributed by atoms with van der Waals surface area (Å²) in [5.41, 5.74) is 0.00740. The van der Waals surface area contributed by atoms with E-state index in [9.17, 15) is 28.1 Å². The molecule has 0 saturated carbocycles. The minimum Gasteiger partial charge on any atom is -0.484 e. The molecule has 0 aliphatic carbocycles. The second-order valence-corrected chi connectivity index (χ2v) is 7.03. The second kappa shape index (κ2) is 8.74. The van der Waals surface area contributed by atoms with Crippen molar-refractivity contribution >= 4 is 17.4 Å². The number of nitro groups is 1. The van der Waals surface area contributed by atoms with Gasteiger partial charge in [0.05, 0.1) is 4.92 Å². The summed E-state index contributed by atoms with van der Waals surface area (Å²) in [5.74, 6) is 0.445. The van der Waals surface area contributed by atoms with Crippen LogP contribution < -0.4 is 9.64 Å². The van der Waals surface area contributed by atoms with E-state index in [1.807, 2.05) is 17.9 Å². The molecule has 0 atom stereocenters. The Morgan fingerprint density at radius 3 is 2.42 bits per heavy atom. The number of anilines is 1. The number of hydrogen-bond donors (Lipinski definition) is 0. The van der Waals surface area contributed by atoms with E-state index in [1.54, 1.807) is 6.92 Å². The molecule has 9 nitrogen and oxygen atoms in total. The van der Waals surface area contributed by atoms with Crippen LogP contribution in [-0.4, -0.2) is 64.7 Å². The molecule has 0 N–H and O–H groups in total. The van der Waals surface area contributed by atoms with E-state index in [2.05, 4.69) is 14.7 Å². The van der Waals surface area contributed by atoms with Gasteiger partial charge in [-0.1, -0.05) is 0 Å². The summed E-state index contributed by atoms with van der Waals surface area (Å²) in [5, 5.41) is 11.3. The second-order valence-electron chi connectivity index (χ2n) is 7.03. The molecule has 1 aromatic heterocycles. The van der Waals surface area contributed by atoms with Crippen LogP contribution in [0.5, 0.6) is 5.75 Å². The van der Waals surface area contributed by atoms with Crippen molar-refractivity contribution in [3.05, 3.63) is 51.5 Å². The number of halogens is 3. The largest absolute Gasteiger partial charge is 0.484 e. The number of aryl methyl sites for hydroxylation is 2. The Labute approximate surface area is 175 Å². The molecule has 166 valence electrons.